The summed E-state index contributed by atoms with van der Waals surface area (Å²) in [4.78, 5) is 14.9. The maximum atomic E-state index is 12.7. The molecule has 3 rings (SSSR count). The van der Waals surface area contributed by atoms with E-state index < -0.39 is 0 Å². The van der Waals surface area contributed by atoms with Gasteiger partial charge in [-0.05, 0) is 30.3 Å². The summed E-state index contributed by atoms with van der Waals surface area (Å²) in [6, 6.07) is 20.0. The number of Topliss-reactive ketones (excluding diaryl/α,β-unsaturated/α-hetero) is 1. The molecular formula is C20H19NO. The highest BCUT2D eigenvalue weighted by Gasteiger charge is 2.23. The number of hydrogen-bond acceptors (Lipinski definition) is 2. The number of ketones is 1. The van der Waals surface area contributed by atoms with Crippen molar-refractivity contribution >= 4 is 17.9 Å². The van der Waals surface area contributed by atoms with E-state index in [-0.39, 0.29) is 5.78 Å². The van der Waals surface area contributed by atoms with E-state index in [9.17, 15) is 4.79 Å². The number of hydrogen-bond donors (Lipinski definition) is 0. The molecule has 0 amide bonds. The number of nitrogens with zero attached hydrogens (tertiary/aromatic N) is 1. The standard InChI is InChI=1S/C20H19NO/c1-21-14-18(12-16-8-4-2-5-9-16)20(22)19(15-21)13-17-10-6-3-7-11-17/h2-13H,14-15H2,1H3/b18-12-,19-13-. The lowest BCUT2D eigenvalue weighted by Crippen LogP contribution is -2.34. The summed E-state index contributed by atoms with van der Waals surface area (Å²) >= 11 is 0. The maximum absolute atomic E-state index is 12.7. The number of carbonyl (C=O) groups excluding carboxylic acids is 1. The second-order valence-corrected chi connectivity index (χ2v) is 5.66. The molecule has 0 radical (unpaired) electrons. The molecule has 1 fully saturated rings. The highest BCUT2D eigenvalue weighted by atomic mass is 16.1. The van der Waals surface area contributed by atoms with Crippen LogP contribution in [-0.4, -0.2) is 30.8 Å². The Kier molecular flexibility index (Phi) is 4.31. The van der Waals surface area contributed by atoms with E-state index in [1.165, 1.54) is 0 Å². The van der Waals surface area contributed by atoms with Gasteiger partial charge in [0.1, 0.15) is 0 Å². The number of carbonyl (C=O) groups is 1. The van der Waals surface area contributed by atoms with Crippen molar-refractivity contribution in [3.63, 3.8) is 0 Å². The fraction of sp³-hybridized carbons (Fsp3) is 0.150. The molecule has 2 heteroatoms. The fourth-order valence-corrected chi connectivity index (χ4v) is 2.71. The Morgan fingerprint density at radius 3 is 1.59 bits per heavy atom. The van der Waals surface area contributed by atoms with E-state index in [1.54, 1.807) is 0 Å². The van der Waals surface area contributed by atoms with Crippen molar-refractivity contribution in [1.29, 1.82) is 0 Å². The van der Waals surface area contributed by atoms with Gasteiger partial charge in [-0.3, -0.25) is 9.69 Å². The van der Waals surface area contributed by atoms with Crippen molar-refractivity contribution in [3.8, 4) is 0 Å². The van der Waals surface area contributed by atoms with Gasteiger partial charge in [-0.15, -0.1) is 0 Å². The third-order valence-corrected chi connectivity index (χ3v) is 3.74. The molecule has 1 saturated heterocycles. The normalized spacial score (nSPS) is 19.8. The molecule has 0 atom stereocenters. The topological polar surface area (TPSA) is 20.3 Å². The molecule has 0 saturated carbocycles. The molecule has 0 spiro atoms. The van der Waals surface area contributed by atoms with Crippen molar-refractivity contribution in [2.45, 2.75) is 0 Å². The second kappa shape index (κ2) is 6.54. The summed E-state index contributed by atoms with van der Waals surface area (Å²) in [5.41, 5.74) is 3.84. The third-order valence-electron chi connectivity index (χ3n) is 3.74. The van der Waals surface area contributed by atoms with Crippen LogP contribution in [0.4, 0.5) is 0 Å². The molecule has 1 heterocycles. The van der Waals surface area contributed by atoms with E-state index in [1.807, 2.05) is 79.9 Å². The summed E-state index contributed by atoms with van der Waals surface area (Å²) in [6.45, 7) is 1.39. The average Bonchev–Trinajstić information content (AvgIpc) is 2.54. The van der Waals surface area contributed by atoms with Gasteiger partial charge in [0.15, 0.2) is 5.78 Å². The lowest BCUT2D eigenvalue weighted by atomic mass is 9.94. The zero-order valence-electron chi connectivity index (χ0n) is 12.7. The first-order chi connectivity index (χ1) is 10.7. The number of rotatable bonds is 2. The minimum atomic E-state index is 0.158. The number of benzene rings is 2. The van der Waals surface area contributed by atoms with Crippen LogP contribution >= 0.6 is 0 Å². The first-order valence-corrected chi connectivity index (χ1v) is 7.47. The Morgan fingerprint density at radius 1 is 0.773 bits per heavy atom. The summed E-state index contributed by atoms with van der Waals surface area (Å²) in [5, 5.41) is 0. The third kappa shape index (κ3) is 3.41. The first-order valence-electron chi connectivity index (χ1n) is 7.47. The molecule has 0 bridgehead atoms. The van der Waals surface area contributed by atoms with Gasteiger partial charge >= 0.3 is 0 Å². The minimum Gasteiger partial charge on any atom is -0.298 e. The van der Waals surface area contributed by atoms with Gasteiger partial charge in [-0.2, -0.15) is 0 Å². The van der Waals surface area contributed by atoms with Crippen molar-refractivity contribution < 1.29 is 4.79 Å². The van der Waals surface area contributed by atoms with E-state index in [0.717, 1.165) is 22.3 Å². The van der Waals surface area contributed by atoms with Crippen LogP contribution < -0.4 is 0 Å². The molecule has 0 N–H and O–H groups in total. The van der Waals surface area contributed by atoms with Gasteiger partial charge in [0.25, 0.3) is 0 Å². The summed E-state index contributed by atoms with van der Waals surface area (Å²) in [7, 11) is 2.05. The van der Waals surface area contributed by atoms with Crippen LogP contribution in [0.2, 0.25) is 0 Å². The van der Waals surface area contributed by atoms with Crippen LogP contribution in [0.5, 0.6) is 0 Å². The second-order valence-electron chi connectivity index (χ2n) is 5.66. The predicted octanol–water partition coefficient (Wildman–Crippen LogP) is 3.67. The molecule has 110 valence electrons. The maximum Gasteiger partial charge on any atom is 0.187 e. The Balaban J connectivity index is 1.92. The average molecular weight is 289 g/mol. The molecule has 2 aromatic carbocycles. The number of piperidine rings is 1. The molecule has 2 nitrogen and oxygen atoms in total. The number of likely N-dealkylation sites (N-methyl/N-ethyl adjacent to an activating group) is 1. The van der Waals surface area contributed by atoms with Gasteiger partial charge in [-0.1, -0.05) is 60.7 Å². The molecular weight excluding hydrogens is 270 g/mol. The van der Waals surface area contributed by atoms with Crippen molar-refractivity contribution in [1.82, 2.24) is 4.90 Å². The monoisotopic (exact) mass is 289 g/mol. The Hall–Kier alpha value is -2.45. The summed E-state index contributed by atoms with van der Waals surface area (Å²) in [6.07, 6.45) is 3.99. The van der Waals surface area contributed by atoms with Gasteiger partial charge < -0.3 is 0 Å². The smallest absolute Gasteiger partial charge is 0.187 e. The first kappa shape index (κ1) is 14.5. The van der Waals surface area contributed by atoms with E-state index in [2.05, 4.69) is 4.90 Å². The lowest BCUT2D eigenvalue weighted by Gasteiger charge is -2.26. The lowest BCUT2D eigenvalue weighted by molar-refractivity contribution is -0.113. The SMILES string of the molecule is CN1C/C(=C/c2ccccc2)C(=O)/C(=C\c2ccccc2)C1. The predicted molar refractivity (Wildman–Crippen MR) is 91.3 cm³/mol. The van der Waals surface area contributed by atoms with Gasteiger partial charge in [0.05, 0.1) is 0 Å². The largest absolute Gasteiger partial charge is 0.298 e. The van der Waals surface area contributed by atoms with Gasteiger partial charge in [0, 0.05) is 24.2 Å². The molecule has 2 aromatic rings. The fourth-order valence-electron chi connectivity index (χ4n) is 2.71. The molecule has 1 aliphatic rings. The Morgan fingerprint density at radius 2 is 1.18 bits per heavy atom. The van der Waals surface area contributed by atoms with E-state index >= 15 is 0 Å². The summed E-state index contributed by atoms with van der Waals surface area (Å²) in [5.74, 6) is 0.158. The van der Waals surface area contributed by atoms with Crippen LogP contribution in [0.3, 0.4) is 0 Å². The van der Waals surface area contributed by atoms with Crippen molar-refractivity contribution in [3.05, 3.63) is 82.9 Å². The van der Waals surface area contributed by atoms with Crippen LogP contribution in [0.15, 0.2) is 71.8 Å². The van der Waals surface area contributed by atoms with Crippen LogP contribution in [-0.2, 0) is 4.79 Å². The molecule has 0 aliphatic carbocycles. The molecule has 0 unspecified atom stereocenters. The van der Waals surface area contributed by atoms with Crippen molar-refractivity contribution in [2.75, 3.05) is 20.1 Å². The highest BCUT2D eigenvalue weighted by molar-refractivity contribution is 6.14. The van der Waals surface area contributed by atoms with Crippen LogP contribution in [0.25, 0.3) is 12.2 Å². The van der Waals surface area contributed by atoms with Crippen LogP contribution in [0, 0.1) is 0 Å². The quantitative estimate of drug-likeness (QED) is 0.786. The zero-order chi connectivity index (χ0) is 15.4. The number of likely N-dealkylation sites (tertiary alicyclic amines) is 1. The molecule has 22 heavy (non-hydrogen) atoms. The minimum absolute atomic E-state index is 0.158. The summed E-state index contributed by atoms with van der Waals surface area (Å²) < 4.78 is 0. The van der Waals surface area contributed by atoms with Crippen molar-refractivity contribution in [2.24, 2.45) is 0 Å². The van der Waals surface area contributed by atoms with Gasteiger partial charge in [0.2, 0.25) is 0 Å². The van der Waals surface area contributed by atoms with E-state index in [0.29, 0.717) is 13.1 Å². The highest BCUT2D eigenvalue weighted by Crippen LogP contribution is 2.21. The Labute approximate surface area is 131 Å². The zero-order valence-corrected chi connectivity index (χ0v) is 12.7. The van der Waals surface area contributed by atoms with Gasteiger partial charge in [-0.25, -0.2) is 0 Å². The molecule has 1 aliphatic heterocycles. The Bertz CT molecular complexity index is 652. The van der Waals surface area contributed by atoms with E-state index in [4.69, 9.17) is 0 Å². The molecule has 0 aromatic heterocycles. The van der Waals surface area contributed by atoms with Crippen LogP contribution in [0.1, 0.15) is 11.1 Å².